The highest BCUT2D eigenvalue weighted by Crippen LogP contribution is 2.67. The molecule has 32 heavy (non-hydrogen) atoms. The zero-order valence-electron chi connectivity index (χ0n) is 19.7. The maximum atomic E-state index is 7.38. The van der Waals surface area contributed by atoms with E-state index < -0.39 is 0 Å². The molecule has 3 aliphatic carbocycles. The summed E-state index contributed by atoms with van der Waals surface area (Å²) in [7, 11) is 4.47. The average Bonchev–Trinajstić information content (AvgIpc) is 3.47. The Hall–Kier alpha value is -1.97. The summed E-state index contributed by atoms with van der Waals surface area (Å²) in [5.41, 5.74) is 8.70. The number of ether oxygens (including phenoxy) is 1. The number of rotatable bonds is 2. The molecule has 3 heteroatoms. The van der Waals surface area contributed by atoms with Crippen LogP contribution >= 0.6 is 0 Å². The third-order valence-electron chi connectivity index (χ3n) is 9.92. The van der Waals surface area contributed by atoms with Crippen molar-refractivity contribution in [2.75, 3.05) is 14.1 Å². The van der Waals surface area contributed by atoms with Crippen molar-refractivity contribution in [2.45, 2.75) is 75.7 Å². The van der Waals surface area contributed by atoms with Gasteiger partial charge in [-0.2, -0.15) is 0 Å². The molecule has 2 spiro atoms. The first-order valence-corrected chi connectivity index (χ1v) is 12.6. The molecule has 6 aliphatic rings. The summed E-state index contributed by atoms with van der Waals surface area (Å²) in [6.45, 7) is 3.35. The van der Waals surface area contributed by atoms with Gasteiger partial charge in [0.1, 0.15) is 0 Å². The zero-order chi connectivity index (χ0) is 21.7. The van der Waals surface area contributed by atoms with Gasteiger partial charge >= 0.3 is 0 Å². The highest BCUT2D eigenvalue weighted by atomic mass is 16.5. The van der Waals surface area contributed by atoms with E-state index in [0.717, 1.165) is 25.8 Å². The third kappa shape index (κ3) is 2.37. The molecule has 0 amide bonds. The Morgan fingerprint density at radius 2 is 2.06 bits per heavy atom. The summed E-state index contributed by atoms with van der Waals surface area (Å²) >= 11 is 0. The fourth-order valence-corrected chi connectivity index (χ4v) is 8.12. The number of fused-ring (bicyclic) bond motifs is 2. The number of benzene rings is 1. The molecule has 1 saturated heterocycles. The standard InChI is InChI=1S/C29H34N2O/c1-27-11-10-23-15-22-6-7-24(31(2)3)16-28(22)12-13-29(23,32-28)26(27)9-8-25(27)19-4-5-20-17-30-18-21(20)14-19/h4-5,8,10,14-15,18,24,26H,6-7,9,11-13,16-17H2,1-3H3/t24-,26-,27-,28?,29-/m1/s1. The maximum Gasteiger partial charge on any atom is 0.0980 e. The Morgan fingerprint density at radius 3 is 2.94 bits per heavy atom. The Kier molecular flexibility index (Phi) is 3.86. The van der Waals surface area contributed by atoms with E-state index in [1.807, 2.05) is 6.21 Å². The van der Waals surface area contributed by atoms with E-state index >= 15 is 0 Å². The average molecular weight is 427 g/mol. The molecule has 166 valence electrons. The van der Waals surface area contributed by atoms with Gasteiger partial charge in [0.2, 0.25) is 0 Å². The van der Waals surface area contributed by atoms with Crippen LogP contribution in [-0.2, 0) is 11.3 Å². The van der Waals surface area contributed by atoms with Gasteiger partial charge in [-0.1, -0.05) is 37.3 Å². The van der Waals surface area contributed by atoms with Crippen LogP contribution < -0.4 is 0 Å². The van der Waals surface area contributed by atoms with Crippen molar-refractivity contribution in [1.29, 1.82) is 0 Å². The lowest BCUT2D eigenvalue weighted by molar-refractivity contribution is -0.134. The highest BCUT2D eigenvalue weighted by molar-refractivity contribution is 5.87. The van der Waals surface area contributed by atoms with Crippen molar-refractivity contribution in [2.24, 2.45) is 16.3 Å². The fourth-order valence-electron chi connectivity index (χ4n) is 8.12. The second-order valence-corrected chi connectivity index (χ2v) is 11.6. The van der Waals surface area contributed by atoms with Crippen molar-refractivity contribution in [3.05, 3.63) is 64.3 Å². The molecular weight excluding hydrogens is 392 g/mol. The molecule has 1 saturated carbocycles. The second kappa shape index (κ2) is 6.33. The molecule has 7 rings (SSSR count). The van der Waals surface area contributed by atoms with Gasteiger partial charge < -0.3 is 9.64 Å². The van der Waals surface area contributed by atoms with Gasteiger partial charge in [0, 0.05) is 23.6 Å². The molecule has 2 fully saturated rings. The third-order valence-corrected chi connectivity index (χ3v) is 9.92. The Morgan fingerprint density at radius 1 is 1.16 bits per heavy atom. The van der Waals surface area contributed by atoms with Crippen LogP contribution in [0.5, 0.6) is 0 Å². The number of hydrogen-bond donors (Lipinski definition) is 0. The quantitative estimate of drug-likeness (QED) is 0.606. The predicted octanol–water partition coefficient (Wildman–Crippen LogP) is 5.70. The molecular formula is C29H34N2O. The van der Waals surface area contributed by atoms with Crippen molar-refractivity contribution in [1.82, 2.24) is 4.90 Å². The van der Waals surface area contributed by atoms with Crippen molar-refractivity contribution < 1.29 is 4.74 Å². The van der Waals surface area contributed by atoms with Gasteiger partial charge in [0.05, 0.1) is 17.7 Å². The SMILES string of the molecule is CN(C)[C@@H]1CCC2=CC3=CC[C@]4(C)C(c5ccc6c(c5)C=NC6)=CC[C@H]4[C@@]34CCC2(C1)O4. The lowest BCUT2D eigenvalue weighted by Gasteiger charge is -2.54. The topological polar surface area (TPSA) is 24.8 Å². The lowest BCUT2D eigenvalue weighted by Crippen LogP contribution is -2.54. The van der Waals surface area contributed by atoms with Crippen LogP contribution in [0.3, 0.4) is 0 Å². The molecule has 0 N–H and O–H groups in total. The minimum absolute atomic E-state index is 0.0183. The van der Waals surface area contributed by atoms with Crippen molar-refractivity contribution in [3.8, 4) is 0 Å². The summed E-state index contributed by atoms with van der Waals surface area (Å²) in [6, 6.07) is 7.63. The molecule has 5 atom stereocenters. The largest absolute Gasteiger partial charge is 0.359 e. The molecule has 2 bridgehead atoms. The van der Waals surface area contributed by atoms with Crippen molar-refractivity contribution in [3.63, 3.8) is 0 Å². The van der Waals surface area contributed by atoms with Crippen molar-refractivity contribution >= 4 is 11.8 Å². The summed E-state index contributed by atoms with van der Waals surface area (Å²) in [5, 5.41) is 0. The van der Waals surface area contributed by atoms with Gasteiger partial charge in [-0.3, -0.25) is 4.99 Å². The lowest BCUT2D eigenvalue weighted by atomic mass is 9.58. The van der Waals surface area contributed by atoms with E-state index in [-0.39, 0.29) is 16.6 Å². The van der Waals surface area contributed by atoms with Gasteiger partial charge in [0.25, 0.3) is 0 Å². The van der Waals surface area contributed by atoms with Crippen LogP contribution in [-0.4, -0.2) is 42.5 Å². The van der Waals surface area contributed by atoms with E-state index in [9.17, 15) is 0 Å². The summed E-state index contributed by atoms with van der Waals surface area (Å²) in [6.07, 6.45) is 18.0. The normalized spacial score (nSPS) is 40.9. The van der Waals surface area contributed by atoms with Crippen LogP contribution in [0.1, 0.15) is 68.6 Å². The van der Waals surface area contributed by atoms with Crippen LogP contribution in [0.4, 0.5) is 0 Å². The minimum Gasteiger partial charge on any atom is -0.359 e. The Labute approximate surface area is 191 Å². The summed E-state index contributed by atoms with van der Waals surface area (Å²) in [4.78, 5) is 6.89. The summed E-state index contributed by atoms with van der Waals surface area (Å²) < 4.78 is 7.38. The van der Waals surface area contributed by atoms with E-state index in [1.54, 1.807) is 5.57 Å². The predicted molar refractivity (Wildman–Crippen MR) is 130 cm³/mol. The van der Waals surface area contributed by atoms with Gasteiger partial charge in [-0.25, -0.2) is 0 Å². The highest BCUT2D eigenvalue weighted by Gasteiger charge is 2.65. The molecule has 0 aromatic heterocycles. The Bertz CT molecular complexity index is 1140. The first-order chi connectivity index (χ1) is 15.4. The smallest absolute Gasteiger partial charge is 0.0980 e. The van der Waals surface area contributed by atoms with E-state index in [2.05, 4.69) is 67.3 Å². The van der Waals surface area contributed by atoms with Crippen LogP contribution in [0, 0.1) is 11.3 Å². The number of aliphatic imine (C=N–C) groups is 1. The Balaban J connectivity index is 1.28. The maximum absolute atomic E-state index is 7.38. The zero-order valence-corrected chi connectivity index (χ0v) is 19.7. The molecule has 1 aromatic rings. The van der Waals surface area contributed by atoms with Crippen LogP contribution in [0.25, 0.3) is 5.57 Å². The van der Waals surface area contributed by atoms with Crippen LogP contribution in [0.2, 0.25) is 0 Å². The van der Waals surface area contributed by atoms with E-state index in [4.69, 9.17) is 4.74 Å². The van der Waals surface area contributed by atoms with E-state index in [1.165, 1.54) is 53.5 Å². The monoisotopic (exact) mass is 426 g/mol. The first kappa shape index (κ1) is 19.5. The van der Waals surface area contributed by atoms with Crippen LogP contribution in [0.15, 0.2) is 52.6 Å². The number of nitrogens with zero attached hydrogens (tertiary/aromatic N) is 2. The van der Waals surface area contributed by atoms with Gasteiger partial charge in [-0.15, -0.1) is 0 Å². The molecule has 3 heterocycles. The van der Waals surface area contributed by atoms with Gasteiger partial charge in [0.15, 0.2) is 0 Å². The fraction of sp³-hybridized carbons (Fsp3) is 0.552. The molecule has 1 unspecified atom stereocenters. The second-order valence-electron chi connectivity index (χ2n) is 11.6. The molecule has 3 nitrogen and oxygen atoms in total. The number of allylic oxidation sites excluding steroid dienone is 3. The first-order valence-electron chi connectivity index (χ1n) is 12.6. The molecule has 0 radical (unpaired) electrons. The van der Waals surface area contributed by atoms with Gasteiger partial charge in [-0.05, 0) is 98.5 Å². The molecule has 1 aromatic carbocycles. The molecule has 3 aliphatic heterocycles. The minimum atomic E-state index is -0.0961. The summed E-state index contributed by atoms with van der Waals surface area (Å²) in [5.74, 6) is 0.531. The number of hydrogen-bond acceptors (Lipinski definition) is 3. The van der Waals surface area contributed by atoms with E-state index in [0.29, 0.717) is 12.0 Å².